The minimum absolute atomic E-state index is 0.0716. The van der Waals surface area contributed by atoms with Gasteiger partial charge in [0.05, 0.1) is 6.10 Å². The minimum atomic E-state index is -0.781. The van der Waals surface area contributed by atoms with Crippen molar-refractivity contribution < 1.29 is 14.3 Å². The van der Waals surface area contributed by atoms with Crippen molar-refractivity contribution in [1.82, 2.24) is 0 Å². The summed E-state index contributed by atoms with van der Waals surface area (Å²) in [5.74, 6) is 0. The Kier molecular flexibility index (Phi) is 6.27. The van der Waals surface area contributed by atoms with Crippen LogP contribution in [0.5, 0.6) is 0 Å². The minimum Gasteiger partial charge on any atom is -0.451 e. The van der Waals surface area contributed by atoms with Crippen LogP contribution in [0.4, 0.5) is 4.79 Å². The Bertz CT molecular complexity index is 116. The first kappa shape index (κ1) is 10.7. The molecule has 11 heavy (non-hydrogen) atoms. The first-order valence-electron chi connectivity index (χ1n) is 3.60. The lowest BCUT2D eigenvalue weighted by Crippen LogP contribution is -2.17. The molecule has 0 aliphatic carbocycles. The molecule has 0 aromatic heterocycles. The molecule has 0 spiro atoms. The van der Waals surface area contributed by atoms with E-state index >= 15 is 0 Å². The normalized spacial score (nSPS) is 12.6. The molecule has 0 radical (unpaired) electrons. The molecule has 66 valence electrons. The molecule has 0 fully saturated rings. The molecule has 0 amide bonds. The molecule has 4 heteroatoms. The van der Waals surface area contributed by atoms with Gasteiger partial charge in [-0.15, -0.1) is 0 Å². The molecule has 0 bridgehead atoms. The molecule has 0 saturated carbocycles. The fraction of sp³-hybridized carbons (Fsp3) is 0.857. The van der Waals surface area contributed by atoms with Gasteiger partial charge in [-0.1, -0.05) is 6.92 Å². The Morgan fingerprint density at radius 3 is 2.73 bits per heavy atom. The zero-order valence-corrected chi connectivity index (χ0v) is 7.56. The summed E-state index contributed by atoms with van der Waals surface area (Å²) in [6, 6.07) is 0. The zero-order valence-electron chi connectivity index (χ0n) is 6.80. The SMILES string of the molecule is CCCOC(C)COC(=O)Cl. The van der Waals surface area contributed by atoms with E-state index in [0.717, 1.165) is 6.42 Å². The molecule has 0 saturated heterocycles. The van der Waals surface area contributed by atoms with E-state index in [-0.39, 0.29) is 12.7 Å². The van der Waals surface area contributed by atoms with Gasteiger partial charge in [-0.2, -0.15) is 0 Å². The van der Waals surface area contributed by atoms with Crippen LogP contribution in [0.2, 0.25) is 0 Å². The molecule has 0 aliphatic rings. The van der Waals surface area contributed by atoms with Crippen molar-refractivity contribution in [3.8, 4) is 0 Å². The average Bonchev–Trinajstić information content (AvgIpc) is 1.97. The van der Waals surface area contributed by atoms with Crippen molar-refractivity contribution in [1.29, 1.82) is 0 Å². The molecule has 1 atom stereocenters. The molecular formula is C7H13ClO3. The lowest BCUT2D eigenvalue weighted by atomic mass is 10.4. The molecule has 1 unspecified atom stereocenters. The highest BCUT2D eigenvalue weighted by Gasteiger charge is 2.03. The highest BCUT2D eigenvalue weighted by molar-refractivity contribution is 6.61. The summed E-state index contributed by atoms with van der Waals surface area (Å²) in [6.07, 6.45) is 0.886. The maximum absolute atomic E-state index is 10.1. The first-order chi connectivity index (χ1) is 5.16. The monoisotopic (exact) mass is 180 g/mol. The standard InChI is InChI=1S/C7H13ClO3/c1-3-4-10-6(2)5-11-7(8)9/h6H,3-5H2,1-2H3. The Morgan fingerprint density at radius 2 is 2.27 bits per heavy atom. The summed E-state index contributed by atoms with van der Waals surface area (Å²) < 4.78 is 9.71. The predicted molar refractivity (Wildman–Crippen MR) is 42.9 cm³/mol. The second kappa shape index (κ2) is 6.43. The Labute approximate surface area is 71.6 Å². The first-order valence-corrected chi connectivity index (χ1v) is 3.98. The highest BCUT2D eigenvalue weighted by Crippen LogP contribution is 1.95. The Morgan fingerprint density at radius 1 is 1.64 bits per heavy atom. The topological polar surface area (TPSA) is 35.5 Å². The molecule has 3 nitrogen and oxygen atoms in total. The van der Waals surface area contributed by atoms with E-state index in [1.807, 2.05) is 13.8 Å². The fourth-order valence-electron chi connectivity index (χ4n) is 0.550. The summed E-state index contributed by atoms with van der Waals surface area (Å²) in [5.41, 5.74) is -0.781. The third-order valence-electron chi connectivity index (χ3n) is 1.04. The van der Waals surface area contributed by atoms with Crippen LogP contribution in [0, 0.1) is 0 Å². The lowest BCUT2D eigenvalue weighted by Gasteiger charge is -2.10. The molecular weight excluding hydrogens is 168 g/mol. The van der Waals surface area contributed by atoms with Gasteiger partial charge in [0.1, 0.15) is 6.61 Å². The number of hydrogen-bond donors (Lipinski definition) is 0. The van der Waals surface area contributed by atoms with Crippen LogP contribution >= 0.6 is 11.6 Å². The molecule has 0 aromatic carbocycles. The average molecular weight is 181 g/mol. The van der Waals surface area contributed by atoms with Gasteiger partial charge in [-0.25, -0.2) is 4.79 Å². The fourth-order valence-corrected chi connectivity index (χ4v) is 0.613. The summed E-state index contributed by atoms with van der Waals surface area (Å²) >= 11 is 4.94. The van der Waals surface area contributed by atoms with Crippen molar-refractivity contribution in [2.24, 2.45) is 0 Å². The highest BCUT2D eigenvalue weighted by atomic mass is 35.5. The maximum Gasteiger partial charge on any atom is 0.403 e. The van der Waals surface area contributed by atoms with Gasteiger partial charge in [0.25, 0.3) is 0 Å². The largest absolute Gasteiger partial charge is 0.451 e. The Balaban J connectivity index is 3.22. The van der Waals surface area contributed by atoms with Crippen molar-refractivity contribution in [3.63, 3.8) is 0 Å². The molecule has 0 aliphatic heterocycles. The summed E-state index contributed by atoms with van der Waals surface area (Å²) in [6.45, 7) is 4.75. The van der Waals surface area contributed by atoms with Crippen LogP contribution in [0.25, 0.3) is 0 Å². The van der Waals surface area contributed by atoms with Crippen LogP contribution in [0.3, 0.4) is 0 Å². The lowest BCUT2D eigenvalue weighted by molar-refractivity contribution is 0.0217. The molecule has 0 rings (SSSR count). The van der Waals surface area contributed by atoms with E-state index in [0.29, 0.717) is 6.61 Å². The van der Waals surface area contributed by atoms with E-state index in [9.17, 15) is 4.79 Å². The summed E-state index contributed by atoms with van der Waals surface area (Å²) in [4.78, 5) is 10.1. The van der Waals surface area contributed by atoms with Crippen LogP contribution < -0.4 is 0 Å². The zero-order chi connectivity index (χ0) is 8.69. The van der Waals surface area contributed by atoms with E-state index in [4.69, 9.17) is 16.3 Å². The summed E-state index contributed by atoms with van der Waals surface area (Å²) in [5, 5.41) is 0. The number of rotatable bonds is 5. The van der Waals surface area contributed by atoms with Gasteiger partial charge in [-0.05, 0) is 13.3 Å². The van der Waals surface area contributed by atoms with Gasteiger partial charge >= 0.3 is 5.43 Å². The van der Waals surface area contributed by atoms with Crippen LogP contribution in [-0.2, 0) is 9.47 Å². The quantitative estimate of drug-likeness (QED) is 0.609. The van der Waals surface area contributed by atoms with Gasteiger partial charge in [-0.3, -0.25) is 0 Å². The van der Waals surface area contributed by atoms with Gasteiger partial charge in [0.15, 0.2) is 0 Å². The van der Waals surface area contributed by atoms with E-state index in [1.165, 1.54) is 0 Å². The second-order valence-electron chi connectivity index (χ2n) is 2.23. The van der Waals surface area contributed by atoms with Gasteiger partial charge in [0, 0.05) is 18.2 Å². The smallest absolute Gasteiger partial charge is 0.403 e. The Hall–Kier alpha value is -0.280. The molecule has 0 N–H and O–H groups in total. The number of carbonyl (C=O) groups excluding carboxylic acids is 1. The van der Waals surface area contributed by atoms with E-state index < -0.39 is 5.43 Å². The predicted octanol–water partition coefficient (Wildman–Crippen LogP) is 2.18. The van der Waals surface area contributed by atoms with Crippen molar-refractivity contribution in [3.05, 3.63) is 0 Å². The van der Waals surface area contributed by atoms with Gasteiger partial charge in [0.2, 0.25) is 0 Å². The molecule has 0 aromatic rings. The summed E-state index contributed by atoms with van der Waals surface area (Å²) in [7, 11) is 0. The number of hydrogen-bond acceptors (Lipinski definition) is 3. The van der Waals surface area contributed by atoms with Gasteiger partial charge < -0.3 is 9.47 Å². The number of carbonyl (C=O) groups is 1. The third-order valence-corrected chi connectivity index (χ3v) is 1.15. The van der Waals surface area contributed by atoms with E-state index in [2.05, 4.69) is 4.74 Å². The van der Waals surface area contributed by atoms with Crippen LogP contribution in [0.15, 0.2) is 0 Å². The van der Waals surface area contributed by atoms with Crippen molar-refractivity contribution in [2.45, 2.75) is 26.4 Å². The third kappa shape index (κ3) is 7.62. The van der Waals surface area contributed by atoms with Crippen molar-refractivity contribution in [2.75, 3.05) is 13.2 Å². The number of halogens is 1. The van der Waals surface area contributed by atoms with Crippen molar-refractivity contribution >= 4 is 17.0 Å². The van der Waals surface area contributed by atoms with Crippen LogP contribution in [-0.4, -0.2) is 24.7 Å². The van der Waals surface area contributed by atoms with Crippen LogP contribution in [0.1, 0.15) is 20.3 Å². The molecule has 0 heterocycles. The second-order valence-corrected chi connectivity index (χ2v) is 2.54. The maximum atomic E-state index is 10.1. The van der Waals surface area contributed by atoms with E-state index in [1.54, 1.807) is 0 Å². The number of ether oxygens (including phenoxy) is 2.